The van der Waals surface area contributed by atoms with Crippen LogP contribution in [0.5, 0.6) is 5.75 Å². The van der Waals surface area contributed by atoms with E-state index in [1.54, 1.807) is 18.3 Å². The van der Waals surface area contributed by atoms with Crippen molar-refractivity contribution in [3.63, 3.8) is 0 Å². The lowest BCUT2D eigenvalue weighted by molar-refractivity contribution is -0.126. The number of ketones is 2. The van der Waals surface area contributed by atoms with Gasteiger partial charge in [-0.2, -0.15) is 0 Å². The largest absolute Gasteiger partial charge is 0.494 e. The monoisotopic (exact) mass is 702 g/mol. The van der Waals surface area contributed by atoms with Crippen LogP contribution in [0.4, 0.5) is 16.6 Å². The van der Waals surface area contributed by atoms with Crippen LogP contribution in [-0.4, -0.2) is 52.2 Å². The normalized spacial score (nSPS) is 18.8. The Morgan fingerprint density at radius 1 is 1.08 bits per heavy atom. The number of thiazole rings is 1. The van der Waals surface area contributed by atoms with E-state index in [4.69, 9.17) is 16.3 Å². The standard InChI is InChI=1S/C38H31ClN6O4S/c1-4-49-22-9-10-26(30(39)14-22)31-18-50-37(42-31)43-34(47)17-44-20-45(36-32(44)16-40-19-41-36)38(3)29-12-11-24-23-7-5-6-8-25(23)33(46)15-27(24)28(29)13-21(2)35(38)48/h5-16,18-19,21H,4,17,20H2,1-3H3,(H,42,43,47). The Kier molecular flexibility index (Phi) is 7.76. The summed E-state index contributed by atoms with van der Waals surface area (Å²) in [5.74, 6) is 0.425. The average molecular weight is 703 g/mol. The van der Waals surface area contributed by atoms with Crippen molar-refractivity contribution in [3.8, 4) is 28.1 Å². The molecule has 2 atom stereocenters. The van der Waals surface area contributed by atoms with E-state index in [0.29, 0.717) is 45.3 Å². The van der Waals surface area contributed by atoms with Crippen LogP contribution in [0.25, 0.3) is 34.5 Å². The summed E-state index contributed by atoms with van der Waals surface area (Å²) >= 11 is 7.81. The molecular weight excluding hydrogens is 672 g/mol. The Balaban J connectivity index is 1.09. The van der Waals surface area contributed by atoms with E-state index in [-0.39, 0.29) is 30.7 Å². The van der Waals surface area contributed by atoms with Gasteiger partial charge < -0.3 is 19.9 Å². The molecule has 2 aliphatic carbocycles. The summed E-state index contributed by atoms with van der Waals surface area (Å²) in [5, 5.41) is 7.36. The maximum absolute atomic E-state index is 14.3. The lowest BCUT2D eigenvalue weighted by Gasteiger charge is -2.42. The predicted octanol–water partition coefficient (Wildman–Crippen LogP) is 5.43. The number of hydrogen-bond donors (Lipinski definition) is 1. The number of benzene rings is 3. The Hall–Kier alpha value is -5.39. The molecule has 2 aromatic heterocycles. The Labute approximate surface area is 296 Å². The molecule has 3 aliphatic rings. The molecule has 250 valence electrons. The highest BCUT2D eigenvalue weighted by Gasteiger charge is 2.50. The van der Waals surface area contributed by atoms with Crippen LogP contribution in [0.15, 0.2) is 72.5 Å². The van der Waals surface area contributed by atoms with Gasteiger partial charge in [-0.25, -0.2) is 15.0 Å². The van der Waals surface area contributed by atoms with Crippen LogP contribution in [-0.2, 0) is 15.1 Å². The van der Waals surface area contributed by atoms with Crippen LogP contribution in [0.1, 0.15) is 36.7 Å². The summed E-state index contributed by atoms with van der Waals surface area (Å²) in [6, 6.07) is 17.0. The molecule has 8 rings (SSSR count). The first kappa shape index (κ1) is 31.9. The van der Waals surface area contributed by atoms with Crippen LogP contribution in [0, 0.1) is 5.92 Å². The van der Waals surface area contributed by atoms with Crippen molar-refractivity contribution in [2.24, 2.45) is 5.92 Å². The van der Waals surface area contributed by atoms with E-state index in [9.17, 15) is 14.4 Å². The third-order valence-corrected chi connectivity index (χ3v) is 10.7. The van der Waals surface area contributed by atoms with Crippen molar-refractivity contribution in [2.75, 3.05) is 34.9 Å². The number of fused-ring (bicyclic) bond motifs is 6. The number of aromatic nitrogens is 3. The minimum Gasteiger partial charge on any atom is -0.494 e. The zero-order chi connectivity index (χ0) is 34.7. The van der Waals surface area contributed by atoms with Gasteiger partial charge in [-0.1, -0.05) is 61.0 Å². The van der Waals surface area contributed by atoms with Gasteiger partial charge in [-0.05, 0) is 65.3 Å². The van der Waals surface area contributed by atoms with E-state index in [2.05, 4.69) is 20.3 Å². The van der Waals surface area contributed by atoms with Gasteiger partial charge in [0.1, 0.15) is 23.3 Å². The van der Waals surface area contributed by atoms with Crippen LogP contribution >= 0.6 is 22.9 Å². The van der Waals surface area contributed by atoms with Crippen molar-refractivity contribution in [2.45, 2.75) is 26.3 Å². The topological polar surface area (TPSA) is 118 Å². The van der Waals surface area contributed by atoms with E-state index in [1.807, 2.05) is 90.6 Å². The fourth-order valence-corrected chi connectivity index (χ4v) is 8.24. The molecular formula is C38H31ClN6O4S. The molecule has 1 aliphatic heterocycles. The second-order valence-electron chi connectivity index (χ2n) is 12.6. The number of carbonyl (C=O) groups is 3. The number of rotatable bonds is 7. The maximum atomic E-state index is 14.3. The summed E-state index contributed by atoms with van der Waals surface area (Å²) < 4.78 is 5.53. The lowest BCUT2D eigenvalue weighted by Crippen LogP contribution is -2.59. The molecule has 3 aromatic carbocycles. The second-order valence-corrected chi connectivity index (χ2v) is 13.9. The summed E-state index contributed by atoms with van der Waals surface area (Å²) in [4.78, 5) is 58.3. The molecule has 0 saturated carbocycles. The van der Waals surface area contributed by atoms with Gasteiger partial charge in [0.15, 0.2) is 22.5 Å². The molecule has 50 heavy (non-hydrogen) atoms. The van der Waals surface area contributed by atoms with E-state index in [0.717, 1.165) is 32.7 Å². The smallest absolute Gasteiger partial charge is 0.245 e. The minimum atomic E-state index is -1.15. The lowest BCUT2D eigenvalue weighted by atomic mass is 9.73. The molecule has 12 heteroatoms. The Morgan fingerprint density at radius 2 is 1.88 bits per heavy atom. The third kappa shape index (κ3) is 5.07. The van der Waals surface area contributed by atoms with Crippen molar-refractivity contribution in [1.82, 2.24) is 15.0 Å². The highest BCUT2D eigenvalue weighted by molar-refractivity contribution is 7.14. The van der Waals surface area contributed by atoms with Gasteiger partial charge in [0.25, 0.3) is 0 Å². The average Bonchev–Trinajstić information content (AvgIpc) is 3.72. The molecule has 0 bridgehead atoms. The molecule has 0 spiro atoms. The third-order valence-electron chi connectivity index (χ3n) is 9.61. The number of Topliss-reactive ketones (excluding diaryl/α,β-unsaturated/α-hetero) is 2. The molecule has 1 amide bonds. The van der Waals surface area contributed by atoms with Gasteiger partial charge in [0.05, 0.1) is 36.7 Å². The second kappa shape index (κ2) is 12.2. The quantitative estimate of drug-likeness (QED) is 0.237. The molecule has 0 fully saturated rings. The van der Waals surface area contributed by atoms with Gasteiger partial charge in [-0.15, -0.1) is 11.3 Å². The number of ether oxygens (including phenoxy) is 1. The van der Waals surface area contributed by atoms with E-state index in [1.165, 1.54) is 17.7 Å². The van der Waals surface area contributed by atoms with Crippen molar-refractivity contribution < 1.29 is 19.1 Å². The number of halogens is 1. The fourth-order valence-electron chi connectivity index (χ4n) is 7.25. The van der Waals surface area contributed by atoms with Crippen molar-refractivity contribution >= 4 is 69.2 Å². The molecule has 0 saturated heterocycles. The molecule has 1 N–H and O–H groups in total. The SMILES string of the molecule is CCOc1ccc(-c2csc(NC(=O)CN3CN(C4(C)C(=O)C(C)C=c5c4ccc4c5=CC(=O)c5ccccc5-4)c4ncncc43)n2)c(Cl)c1. The minimum absolute atomic E-state index is 0.00776. The summed E-state index contributed by atoms with van der Waals surface area (Å²) in [6.07, 6.45) is 6.75. The molecule has 0 radical (unpaired) electrons. The van der Waals surface area contributed by atoms with Gasteiger partial charge in [-0.3, -0.25) is 14.4 Å². The number of nitrogens with one attached hydrogen (secondary N) is 1. The van der Waals surface area contributed by atoms with Gasteiger partial charge in [0, 0.05) is 22.4 Å². The number of nitrogens with zero attached hydrogens (tertiary/aromatic N) is 5. The van der Waals surface area contributed by atoms with Crippen LogP contribution in [0.2, 0.25) is 5.02 Å². The van der Waals surface area contributed by atoms with Crippen LogP contribution in [0.3, 0.4) is 0 Å². The zero-order valence-corrected chi connectivity index (χ0v) is 29.0. The van der Waals surface area contributed by atoms with Crippen LogP contribution < -0.4 is 30.3 Å². The van der Waals surface area contributed by atoms with Crippen molar-refractivity contribution in [1.29, 1.82) is 0 Å². The van der Waals surface area contributed by atoms with Crippen molar-refractivity contribution in [3.05, 3.63) is 99.1 Å². The molecule has 3 heterocycles. The van der Waals surface area contributed by atoms with E-state index < -0.39 is 11.5 Å². The van der Waals surface area contributed by atoms with Gasteiger partial charge in [0.2, 0.25) is 5.91 Å². The maximum Gasteiger partial charge on any atom is 0.245 e. The highest BCUT2D eigenvalue weighted by atomic mass is 35.5. The zero-order valence-electron chi connectivity index (χ0n) is 27.4. The molecule has 5 aromatic rings. The van der Waals surface area contributed by atoms with Gasteiger partial charge >= 0.3 is 0 Å². The number of anilines is 3. The molecule has 10 nitrogen and oxygen atoms in total. The Morgan fingerprint density at radius 3 is 2.68 bits per heavy atom. The Bertz CT molecular complexity index is 2380. The summed E-state index contributed by atoms with van der Waals surface area (Å²) in [7, 11) is 0. The van der Waals surface area contributed by atoms with E-state index >= 15 is 0 Å². The number of hydrogen-bond acceptors (Lipinski definition) is 10. The molecule has 2 unspecified atom stereocenters. The fraction of sp³-hybridized carbons (Fsp3) is 0.211. The highest BCUT2D eigenvalue weighted by Crippen LogP contribution is 2.44. The summed E-state index contributed by atoms with van der Waals surface area (Å²) in [5.41, 5.74) is 4.13. The first-order chi connectivity index (χ1) is 24.2. The number of carbonyl (C=O) groups excluding carboxylic acids is 3. The predicted molar refractivity (Wildman–Crippen MR) is 195 cm³/mol. The number of amides is 1. The first-order valence-corrected chi connectivity index (χ1v) is 17.5. The summed E-state index contributed by atoms with van der Waals surface area (Å²) in [6.45, 7) is 6.41. The first-order valence-electron chi connectivity index (χ1n) is 16.2.